The van der Waals surface area contributed by atoms with Gasteiger partial charge in [-0.3, -0.25) is 4.79 Å². The van der Waals surface area contributed by atoms with Crippen LogP contribution >= 0.6 is 31.9 Å². The number of carbonyl (C=O) groups is 1. The Morgan fingerprint density at radius 1 is 1.10 bits per heavy atom. The van der Waals surface area contributed by atoms with Crippen molar-refractivity contribution < 1.29 is 9.18 Å². The van der Waals surface area contributed by atoms with Crippen molar-refractivity contribution in [1.29, 1.82) is 0 Å². The molecule has 0 saturated carbocycles. The summed E-state index contributed by atoms with van der Waals surface area (Å²) >= 11 is 6.75. The van der Waals surface area contributed by atoms with E-state index in [1.54, 1.807) is 6.07 Å². The zero-order valence-corrected chi connectivity index (χ0v) is 14.4. The lowest BCUT2D eigenvalue weighted by Crippen LogP contribution is -2.16. The van der Waals surface area contributed by atoms with Gasteiger partial charge in [0.05, 0.1) is 16.9 Å². The van der Waals surface area contributed by atoms with E-state index in [9.17, 15) is 9.18 Å². The summed E-state index contributed by atoms with van der Waals surface area (Å²) in [6, 6.07) is 9.90. The Morgan fingerprint density at radius 2 is 1.71 bits per heavy atom. The molecule has 0 aromatic heterocycles. The minimum atomic E-state index is -0.448. The predicted octanol–water partition coefficient (Wildman–Crippen LogP) is 5.03. The van der Waals surface area contributed by atoms with E-state index >= 15 is 0 Å². The number of hydrogen-bond donors (Lipinski definition) is 2. The molecule has 2 N–H and O–H groups in total. The van der Waals surface area contributed by atoms with Gasteiger partial charge in [-0.1, -0.05) is 12.1 Å². The lowest BCUT2D eigenvalue weighted by Gasteiger charge is -2.13. The average Bonchev–Trinajstić information content (AvgIpc) is 2.45. The third-order valence-electron chi connectivity index (χ3n) is 2.81. The third-order valence-corrected chi connectivity index (χ3v) is 4.13. The fourth-order valence-electron chi connectivity index (χ4n) is 1.87. The van der Waals surface area contributed by atoms with Crippen molar-refractivity contribution in [1.82, 2.24) is 0 Å². The number of nitrogens with one attached hydrogen (secondary N) is 2. The van der Waals surface area contributed by atoms with Crippen molar-refractivity contribution in [2.75, 3.05) is 17.2 Å². The number of benzene rings is 2. The summed E-state index contributed by atoms with van der Waals surface area (Å²) in [5.41, 5.74) is 1.08. The molecule has 0 aliphatic heterocycles. The van der Waals surface area contributed by atoms with E-state index in [1.807, 2.05) is 25.1 Å². The van der Waals surface area contributed by atoms with Gasteiger partial charge in [0.25, 0.3) is 5.91 Å². The van der Waals surface area contributed by atoms with Crippen LogP contribution in [0.3, 0.4) is 0 Å². The van der Waals surface area contributed by atoms with Crippen LogP contribution in [0.15, 0.2) is 45.3 Å². The molecule has 110 valence electrons. The summed E-state index contributed by atoms with van der Waals surface area (Å²) in [6.45, 7) is 2.37. The smallest absolute Gasteiger partial charge is 0.257 e. The first-order chi connectivity index (χ1) is 10.0. The van der Waals surface area contributed by atoms with Crippen molar-refractivity contribution in [2.24, 2.45) is 0 Å². The Kier molecular flexibility index (Phi) is 5.36. The molecule has 0 unspecified atom stereocenters. The molecule has 0 atom stereocenters. The first-order valence-electron chi connectivity index (χ1n) is 6.32. The summed E-state index contributed by atoms with van der Waals surface area (Å²) in [4.78, 5) is 12.4. The lowest BCUT2D eigenvalue weighted by molar-refractivity contribution is 0.102. The van der Waals surface area contributed by atoms with Crippen LogP contribution in [0.2, 0.25) is 0 Å². The summed E-state index contributed by atoms with van der Waals surface area (Å²) < 4.78 is 15.3. The monoisotopic (exact) mass is 414 g/mol. The second-order valence-corrected chi connectivity index (χ2v) is 5.95. The number of carbonyl (C=O) groups excluding carboxylic acids is 1. The van der Waals surface area contributed by atoms with Gasteiger partial charge < -0.3 is 10.6 Å². The molecule has 2 rings (SSSR count). The van der Waals surface area contributed by atoms with Crippen LogP contribution in [-0.2, 0) is 0 Å². The zero-order chi connectivity index (χ0) is 15.4. The van der Waals surface area contributed by atoms with Gasteiger partial charge in [-0.2, -0.15) is 0 Å². The van der Waals surface area contributed by atoms with Gasteiger partial charge >= 0.3 is 0 Å². The molecule has 6 heteroatoms. The van der Waals surface area contributed by atoms with Crippen LogP contribution in [0.4, 0.5) is 15.8 Å². The number of halogens is 3. The number of para-hydroxylation sites is 2. The van der Waals surface area contributed by atoms with Gasteiger partial charge in [-0.15, -0.1) is 0 Å². The Bertz CT molecular complexity index is 656. The molecule has 0 aliphatic carbocycles. The van der Waals surface area contributed by atoms with Crippen molar-refractivity contribution in [3.05, 3.63) is 56.7 Å². The first-order valence-corrected chi connectivity index (χ1v) is 7.91. The average molecular weight is 416 g/mol. The van der Waals surface area contributed by atoms with Crippen LogP contribution in [0.5, 0.6) is 0 Å². The van der Waals surface area contributed by atoms with Crippen LogP contribution in [0, 0.1) is 5.82 Å². The number of hydrogen-bond acceptors (Lipinski definition) is 2. The predicted molar refractivity (Wildman–Crippen MR) is 90.4 cm³/mol. The van der Waals surface area contributed by atoms with Crippen LogP contribution in [0.25, 0.3) is 0 Å². The number of amides is 1. The van der Waals surface area contributed by atoms with Gasteiger partial charge in [0, 0.05) is 15.5 Å². The van der Waals surface area contributed by atoms with E-state index in [1.165, 1.54) is 12.1 Å². The third kappa shape index (κ3) is 3.63. The first kappa shape index (κ1) is 16.0. The molecule has 0 spiro atoms. The molecule has 2 aromatic carbocycles. The van der Waals surface area contributed by atoms with E-state index in [-0.39, 0.29) is 17.2 Å². The maximum Gasteiger partial charge on any atom is 0.257 e. The van der Waals surface area contributed by atoms with Crippen molar-refractivity contribution in [3.8, 4) is 0 Å². The Hall–Kier alpha value is -1.40. The molecular formula is C15H13Br2FN2O. The highest BCUT2D eigenvalue weighted by Gasteiger charge is 2.16. The van der Waals surface area contributed by atoms with E-state index in [0.717, 1.165) is 8.95 Å². The Morgan fingerprint density at radius 3 is 2.33 bits per heavy atom. The van der Waals surface area contributed by atoms with Crippen molar-refractivity contribution >= 4 is 49.1 Å². The SMILES string of the molecule is CCNc1c(F)cccc1C(=O)Nc1c(Br)cccc1Br. The molecule has 0 radical (unpaired) electrons. The van der Waals surface area contributed by atoms with E-state index < -0.39 is 5.82 Å². The highest BCUT2D eigenvalue weighted by atomic mass is 79.9. The Balaban J connectivity index is 2.35. The molecule has 0 bridgehead atoms. The highest BCUT2D eigenvalue weighted by Crippen LogP contribution is 2.31. The zero-order valence-electron chi connectivity index (χ0n) is 11.2. The van der Waals surface area contributed by atoms with E-state index in [2.05, 4.69) is 42.5 Å². The Labute approximate surface area is 139 Å². The highest BCUT2D eigenvalue weighted by molar-refractivity contribution is 9.11. The minimum Gasteiger partial charge on any atom is -0.382 e. The molecule has 1 amide bonds. The molecule has 0 saturated heterocycles. The number of rotatable bonds is 4. The van der Waals surface area contributed by atoms with Crippen molar-refractivity contribution in [2.45, 2.75) is 6.92 Å². The summed E-state index contributed by atoms with van der Waals surface area (Å²) in [5, 5.41) is 5.66. The van der Waals surface area contributed by atoms with Gasteiger partial charge in [0.15, 0.2) is 0 Å². The molecule has 0 aliphatic rings. The molecule has 21 heavy (non-hydrogen) atoms. The quantitative estimate of drug-likeness (QED) is 0.734. The fraction of sp³-hybridized carbons (Fsp3) is 0.133. The standard InChI is InChI=1S/C15H13Br2FN2O/c1-2-19-13-9(5-3-8-12(13)18)15(21)20-14-10(16)6-4-7-11(14)17/h3-8,19H,2H2,1H3,(H,20,21). The molecule has 3 nitrogen and oxygen atoms in total. The van der Waals surface area contributed by atoms with Crippen LogP contribution in [0.1, 0.15) is 17.3 Å². The molecule has 0 heterocycles. The summed E-state index contributed by atoms with van der Waals surface area (Å²) in [5.74, 6) is -0.825. The van der Waals surface area contributed by atoms with Gasteiger partial charge in [-0.25, -0.2) is 4.39 Å². The normalized spacial score (nSPS) is 10.3. The lowest BCUT2D eigenvalue weighted by atomic mass is 10.1. The van der Waals surface area contributed by atoms with Crippen LogP contribution in [-0.4, -0.2) is 12.5 Å². The molecule has 2 aromatic rings. The van der Waals surface area contributed by atoms with Gasteiger partial charge in [0.1, 0.15) is 5.82 Å². The fourth-order valence-corrected chi connectivity index (χ4v) is 3.06. The summed E-state index contributed by atoms with van der Waals surface area (Å²) in [6.07, 6.45) is 0. The second kappa shape index (κ2) is 7.04. The maximum absolute atomic E-state index is 13.8. The van der Waals surface area contributed by atoms with E-state index in [4.69, 9.17) is 0 Å². The number of anilines is 2. The topological polar surface area (TPSA) is 41.1 Å². The summed E-state index contributed by atoms with van der Waals surface area (Å²) in [7, 11) is 0. The molecular weight excluding hydrogens is 403 g/mol. The van der Waals surface area contributed by atoms with Gasteiger partial charge in [0.2, 0.25) is 0 Å². The van der Waals surface area contributed by atoms with Crippen molar-refractivity contribution in [3.63, 3.8) is 0 Å². The largest absolute Gasteiger partial charge is 0.382 e. The van der Waals surface area contributed by atoms with E-state index in [0.29, 0.717) is 12.2 Å². The minimum absolute atomic E-state index is 0.209. The second-order valence-electron chi connectivity index (χ2n) is 4.24. The maximum atomic E-state index is 13.8. The van der Waals surface area contributed by atoms with Gasteiger partial charge in [-0.05, 0) is 63.0 Å². The molecule has 0 fully saturated rings. The van der Waals surface area contributed by atoms with Crippen LogP contribution < -0.4 is 10.6 Å².